The van der Waals surface area contributed by atoms with E-state index in [2.05, 4.69) is 4.72 Å². The standard InChI is InChI=1S/C14H12ClF2NO2S/c1-8-6-14(9(2)5-11(8)15)21(19,20)18-13-4-3-10(16)7-12(13)17/h3-7,18H,1-2H3. The summed E-state index contributed by atoms with van der Waals surface area (Å²) in [6, 6.07) is 5.53. The number of benzene rings is 2. The van der Waals surface area contributed by atoms with Crippen LogP contribution in [-0.2, 0) is 10.0 Å². The Morgan fingerprint density at radius 1 is 1.05 bits per heavy atom. The molecule has 0 aliphatic carbocycles. The van der Waals surface area contributed by atoms with Gasteiger partial charge in [-0.15, -0.1) is 0 Å². The van der Waals surface area contributed by atoms with E-state index in [1.807, 2.05) is 0 Å². The first-order chi connectivity index (χ1) is 9.70. The van der Waals surface area contributed by atoms with Gasteiger partial charge in [-0.3, -0.25) is 4.72 Å². The molecule has 0 bridgehead atoms. The molecule has 2 rings (SSSR count). The summed E-state index contributed by atoms with van der Waals surface area (Å²) in [6.07, 6.45) is 0. The van der Waals surface area contributed by atoms with E-state index < -0.39 is 21.7 Å². The smallest absolute Gasteiger partial charge is 0.262 e. The molecular formula is C14H12ClF2NO2S. The van der Waals surface area contributed by atoms with Crippen molar-refractivity contribution in [2.75, 3.05) is 4.72 Å². The zero-order valence-electron chi connectivity index (χ0n) is 11.2. The molecule has 0 fully saturated rings. The van der Waals surface area contributed by atoms with Gasteiger partial charge in [0.05, 0.1) is 10.6 Å². The molecule has 0 atom stereocenters. The first kappa shape index (κ1) is 15.7. The van der Waals surface area contributed by atoms with Crippen molar-refractivity contribution in [1.82, 2.24) is 0 Å². The molecule has 0 aliphatic heterocycles. The number of anilines is 1. The molecule has 0 spiro atoms. The van der Waals surface area contributed by atoms with Gasteiger partial charge in [-0.2, -0.15) is 0 Å². The van der Waals surface area contributed by atoms with E-state index in [0.717, 1.165) is 12.1 Å². The Bertz CT molecular complexity index is 807. The predicted molar refractivity (Wildman–Crippen MR) is 78.1 cm³/mol. The SMILES string of the molecule is Cc1cc(S(=O)(=O)Nc2ccc(F)cc2F)c(C)cc1Cl. The maximum atomic E-state index is 13.6. The van der Waals surface area contributed by atoms with Crippen LogP contribution in [0.2, 0.25) is 5.02 Å². The van der Waals surface area contributed by atoms with Crippen LogP contribution in [0, 0.1) is 25.5 Å². The Morgan fingerprint density at radius 2 is 1.71 bits per heavy atom. The number of hydrogen-bond acceptors (Lipinski definition) is 2. The first-order valence-electron chi connectivity index (χ1n) is 5.95. The minimum atomic E-state index is -3.99. The highest BCUT2D eigenvalue weighted by molar-refractivity contribution is 7.92. The number of hydrogen-bond donors (Lipinski definition) is 1. The van der Waals surface area contributed by atoms with Gasteiger partial charge >= 0.3 is 0 Å². The molecule has 21 heavy (non-hydrogen) atoms. The lowest BCUT2D eigenvalue weighted by Gasteiger charge is -2.12. The quantitative estimate of drug-likeness (QED) is 0.922. The zero-order chi connectivity index (χ0) is 15.8. The van der Waals surface area contributed by atoms with E-state index >= 15 is 0 Å². The molecule has 0 radical (unpaired) electrons. The van der Waals surface area contributed by atoms with Gasteiger partial charge in [0.15, 0.2) is 0 Å². The van der Waals surface area contributed by atoms with Crippen molar-refractivity contribution >= 4 is 27.3 Å². The Kier molecular flexibility index (Phi) is 4.20. The topological polar surface area (TPSA) is 46.2 Å². The van der Waals surface area contributed by atoms with E-state index in [1.54, 1.807) is 13.8 Å². The van der Waals surface area contributed by atoms with E-state index in [9.17, 15) is 17.2 Å². The maximum absolute atomic E-state index is 13.6. The number of rotatable bonds is 3. The van der Waals surface area contributed by atoms with Crippen LogP contribution in [0.4, 0.5) is 14.5 Å². The minimum Gasteiger partial charge on any atom is -0.277 e. The zero-order valence-corrected chi connectivity index (χ0v) is 12.8. The maximum Gasteiger partial charge on any atom is 0.262 e. The molecule has 0 unspecified atom stereocenters. The van der Waals surface area contributed by atoms with Gasteiger partial charge in [-0.25, -0.2) is 17.2 Å². The number of aryl methyl sites for hydroxylation is 2. The molecule has 0 saturated heterocycles. The highest BCUT2D eigenvalue weighted by Crippen LogP contribution is 2.26. The highest BCUT2D eigenvalue weighted by atomic mass is 35.5. The predicted octanol–water partition coefficient (Wildman–Crippen LogP) is 4.04. The van der Waals surface area contributed by atoms with Crippen LogP contribution in [0.15, 0.2) is 35.2 Å². The van der Waals surface area contributed by atoms with Gasteiger partial charge in [0.2, 0.25) is 0 Å². The van der Waals surface area contributed by atoms with Crippen molar-refractivity contribution in [2.24, 2.45) is 0 Å². The fourth-order valence-corrected chi connectivity index (χ4v) is 3.41. The summed E-state index contributed by atoms with van der Waals surface area (Å²) in [5.74, 6) is -1.77. The molecule has 7 heteroatoms. The fourth-order valence-electron chi connectivity index (χ4n) is 1.82. The average molecular weight is 332 g/mol. The summed E-state index contributed by atoms with van der Waals surface area (Å²) < 4.78 is 53.1. The molecule has 1 N–H and O–H groups in total. The Hall–Kier alpha value is -1.66. The van der Waals surface area contributed by atoms with Crippen LogP contribution in [0.3, 0.4) is 0 Å². The molecule has 0 saturated carbocycles. The molecular weight excluding hydrogens is 320 g/mol. The van der Waals surface area contributed by atoms with Crippen molar-refractivity contribution in [1.29, 1.82) is 0 Å². The summed E-state index contributed by atoms with van der Waals surface area (Å²) in [4.78, 5) is -0.00637. The first-order valence-corrected chi connectivity index (χ1v) is 7.81. The van der Waals surface area contributed by atoms with E-state index in [-0.39, 0.29) is 10.6 Å². The Balaban J connectivity index is 2.46. The van der Waals surface area contributed by atoms with Crippen molar-refractivity contribution < 1.29 is 17.2 Å². The molecule has 3 nitrogen and oxygen atoms in total. The largest absolute Gasteiger partial charge is 0.277 e. The van der Waals surface area contributed by atoms with Crippen LogP contribution in [0.1, 0.15) is 11.1 Å². The van der Waals surface area contributed by atoms with Gasteiger partial charge in [-0.05, 0) is 49.2 Å². The number of sulfonamides is 1. The summed E-state index contributed by atoms with van der Waals surface area (Å²) in [6.45, 7) is 3.25. The molecule has 0 aliphatic rings. The minimum absolute atomic E-state index is 0.00637. The summed E-state index contributed by atoms with van der Waals surface area (Å²) >= 11 is 5.92. The van der Waals surface area contributed by atoms with Gasteiger partial charge in [0.1, 0.15) is 11.6 Å². The molecule has 0 heterocycles. The summed E-state index contributed by atoms with van der Waals surface area (Å²) in [7, 11) is -3.99. The molecule has 0 amide bonds. The third-order valence-corrected chi connectivity index (χ3v) is 4.84. The number of halogens is 3. The second-order valence-electron chi connectivity index (χ2n) is 4.60. The van der Waals surface area contributed by atoms with Gasteiger partial charge in [0, 0.05) is 11.1 Å². The van der Waals surface area contributed by atoms with Crippen molar-refractivity contribution in [2.45, 2.75) is 18.7 Å². The molecule has 2 aromatic carbocycles. The lowest BCUT2D eigenvalue weighted by molar-refractivity contribution is 0.582. The van der Waals surface area contributed by atoms with E-state index in [4.69, 9.17) is 11.6 Å². The van der Waals surface area contributed by atoms with Crippen molar-refractivity contribution in [3.63, 3.8) is 0 Å². The van der Waals surface area contributed by atoms with Crippen molar-refractivity contribution in [3.05, 3.63) is 58.1 Å². The monoisotopic (exact) mass is 331 g/mol. The third-order valence-electron chi connectivity index (χ3n) is 2.92. The van der Waals surface area contributed by atoms with Crippen LogP contribution < -0.4 is 4.72 Å². The Morgan fingerprint density at radius 3 is 2.33 bits per heavy atom. The normalized spacial score (nSPS) is 11.5. The van der Waals surface area contributed by atoms with Crippen molar-refractivity contribution in [3.8, 4) is 0 Å². The Labute approximate surface area is 126 Å². The van der Waals surface area contributed by atoms with E-state index in [1.165, 1.54) is 12.1 Å². The third kappa shape index (κ3) is 3.33. The van der Waals surface area contributed by atoms with Crippen LogP contribution >= 0.6 is 11.6 Å². The van der Waals surface area contributed by atoms with E-state index in [0.29, 0.717) is 22.2 Å². The second-order valence-corrected chi connectivity index (χ2v) is 6.65. The van der Waals surface area contributed by atoms with Crippen LogP contribution in [0.5, 0.6) is 0 Å². The summed E-state index contributed by atoms with van der Waals surface area (Å²) in [5.41, 5.74) is 0.700. The van der Waals surface area contributed by atoms with Crippen LogP contribution in [-0.4, -0.2) is 8.42 Å². The molecule has 112 valence electrons. The van der Waals surface area contributed by atoms with Gasteiger partial charge in [-0.1, -0.05) is 11.6 Å². The van der Waals surface area contributed by atoms with Gasteiger partial charge in [0.25, 0.3) is 10.0 Å². The highest BCUT2D eigenvalue weighted by Gasteiger charge is 2.20. The lowest BCUT2D eigenvalue weighted by Crippen LogP contribution is -2.15. The molecule has 0 aromatic heterocycles. The number of nitrogens with one attached hydrogen (secondary N) is 1. The average Bonchev–Trinajstić information content (AvgIpc) is 2.37. The lowest BCUT2D eigenvalue weighted by atomic mass is 10.2. The molecule has 2 aromatic rings. The van der Waals surface area contributed by atoms with Gasteiger partial charge < -0.3 is 0 Å². The fraction of sp³-hybridized carbons (Fsp3) is 0.143. The second kappa shape index (κ2) is 5.61. The van der Waals surface area contributed by atoms with Crippen LogP contribution in [0.25, 0.3) is 0 Å². The summed E-state index contributed by atoms with van der Waals surface area (Å²) in [5, 5.41) is 0.444.